The molecule has 1 aromatic carbocycles. The van der Waals surface area contributed by atoms with Crippen LogP contribution in [0.1, 0.15) is 28.9 Å². The first-order chi connectivity index (χ1) is 15.3. The van der Waals surface area contributed by atoms with Crippen LogP contribution in [-0.4, -0.2) is 45.5 Å². The summed E-state index contributed by atoms with van der Waals surface area (Å²) in [4.78, 5) is 17.2. The third-order valence-corrected chi connectivity index (χ3v) is 6.45. The van der Waals surface area contributed by atoms with E-state index in [1.165, 1.54) is 5.56 Å². The van der Waals surface area contributed by atoms with Gasteiger partial charge in [-0.15, -0.1) is 0 Å². The van der Waals surface area contributed by atoms with Crippen LogP contribution in [0, 0.1) is 17.4 Å². The standard InChI is InChI=1S/C24H27IN6S/c1-14-16(6-5-9-31(3)4)10-20(15(2)27-14)29-24-26-13-17-11-22(32)28-21-12-18(25)7-8-19(21)23(17)30-24/h7-8,10,12-13H,5-6,9,11H2,1-4H3,(H,28,32)(H,26,29,30). The first kappa shape index (κ1) is 23.0. The zero-order chi connectivity index (χ0) is 22.8. The van der Waals surface area contributed by atoms with Crippen LogP contribution < -0.4 is 10.6 Å². The highest BCUT2D eigenvalue weighted by atomic mass is 127. The van der Waals surface area contributed by atoms with E-state index in [4.69, 9.17) is 22.2 Å². The smallest absolute Gasteiger partial charge is 0.227 e. The van der Waals surface area contributed by atoms with Crippen molar-refractivity contribution in [1.82, 2.24) is 19.9 Å². The Hall–Kier alpha value is -2.17. The van der Waals surface area contributed by atoms with Gasteiger partial charge in [0, 0.05) is 38.7 Å². The molecule has 0 radical (unpaired) electrons. The molecule has 0 bridgehead atoms. The van der Waals surface area contributed by atoms with E-state index in [0.29, 0.717) is 12.4 Å². The fraction of sp³-hybridized carbons (Fsp3) is 0.333. The molecule has 0 unspecified atom stereocenters. The Kier molecular flexibility index (Phi) is 7.02. The van der Waals surface area contributed by atoms with E-state index in [-0.39, 0.29) is 0 Å². The van der Waals surface area contributed by atoms with E-state index in [1.807, 2.05) is 13.1 Å². The van der Waals surface area contributed by atoms with Gasteiger partial charge in [-0.25, -0.2) is 9.97 Å². The van der Waals surface area contributed by atoms with Crippen molar-refractivity contribution in [2.45, 2.75) is 33.1 Å². The average Bonchev–Trinajstić information content (AvgIpc) is 2.85. The number of rotatable bonds is 6. The number of fused-ring (bicyclic) bond motifs is 3. The summed E-state index contributed by atoms with van der Waals surface area (Å²) in [5.74, 6) is 0.564. The van der Waals surface area contributed by atoms with Gasteiger partial charge in [0.25, 0.3) is 0 Å². The van der Waals surface area contributed by atoms with Crippen LogP contribution in [0.3, 0.4) is 0 Å². The second-order valence-corrected chi connectivity index (χ2v) is 10.1. The summed E-state index contributed by atoms with van der Waals surface area (Å²) in [7, 11) is 4.20. The molecular weight excluding hydrogens is 531 g/mol. The molecule has 0 atom stereocenters. The highest BCUT2D eigenvalue weighted by molar-refractivity contribution is 14.1. The Balaban J connectivity index is 1.66. The molecule has 3 aromatic rings. The lowest BCUT2D eigenvalue weighted by Crippen LogP contribution is -2.14. The Bertz CT molecular complexity index is 1180. The molecule has 1 aliphatic rings. The first-order valence-electron chi connectivity index (χ1n) is 10.6. The summed E-state index contributed by atoms with van der Waals surface area (Å²) in [6, 6.07) is 8.47. The number of nitrogens with zero attached hydrogens (tertiary/aromatic N) is 4. The lowest BCUT2D eigenvalue weighted by Gasteiger charge is -2.15. The van der Waals surface area contributed by atoms with Gasteiger partial charge in [0.1, 0.15) is 0 Å². The molecule has 0 saturated carbocycles. The zero-order valence-electron chi connectivity index (χ0n) is 18.8. The molecular formula is C24H27IN6S. The van der Waals surface area contributed by atoms with Crippen molar-refractivity contribution < 1.29 is 0 Å². The van der Waals surface area contributed by atoms with Gasteiger partial charge in [-0.1, -0.05) is 12.2 Å². The number of hydrogen-bond acceptors (Lipinski definition) is 6. The summed E-state index contributed by atoms with van der Waals surface area (Å²) in [5.41, 5.74) is 8.18. The quantitative estimate of drug-likeness (QED) is 0.315. The second-order valence-electron chi connectivity index (χ2n) is 8.38. The van der Waals surface area contributed by atoms with E-state index in [9.17, 15) is 0 Å². The van der Waals surface area contributed by atoms with Gasteiger partial charge >= 0.3 is 0 Å². The maximum absolute atomic E-state index is 5.52. The van der Waals surface area contributed by atoms with Crippen molar-refractivity contribution in [3.05, 3.63) is 56.5 Å². The number of nitrogens with one attached hydrogen (secondary N) is 2. The number of benzene rings is 1. The molecule has 0 aliphatic carbocycles. The van der Waals surface area contributed by atoms with E-state index in [1.54, 1.807) is 0 Å². The molecule has 2 N–H and O–H groups in total. The lowest BCUT2D eigenvalue weighted by molar-refractivity contribution is 0.400. The molecule has 1 aliphatic heterocycles. The number of halogens is 1. The summed E-state index contributed by atoms with van der Waals surface area (Å²) in [5, 5.41) is 6.77. The van der Waals surface area contributed by atoms with Crippen molar-refractivity contribution in [2.75, 3.05) is 31.3 Å². The third-order valence-electron chi connectivity index (χ3n) is 5.53. The Morgan fingerprint density at radius 1 is 1.16 bits per heavy atom. The predicted octanol–water partition coefficient (Wildman–Crippen LogP) is 5.29. The maximum Gasteiger partial charge on any atom is 0.227 e. The molecule has 0 fully saturated rings. The van der Waals surface area contributed by atoms with E-state index < -0.39 is 0 Å². The van der Waals surface area contributed by atoms with Crippen LogP contribution in [0.4, 0.5) is 17.3 Å². The van der Waals surface area contributed by atoms with Gasteiger partial charge in [0.05, 0.1) is 22.1 Å². The number of aromatic nitrogens is 3. The molecule has 3 heterocycles. The highest BCUT2D eigenvalue weighted by Gasteiger charge is 2.20. The summed E-state index contributed by atoms with van der Waals surface area (Å²) in [6.45, 7) is 5.15. The van der Waals surface area contributed by atoms with Crippen LogP contribution >= 0.6 is 34.8 Å². The van der Waals surface area contributed by atoms with Crippen molar-refractivity contribution in [2.24, 2.45) is 0 Å². The molecule has 32 heavy (non-hydrogen) atoms. The monoisotopic (exact) mass is 558 g/mol. The number of anilines is 3. The maximum atomic E-state index is 5.52. The highest BCUT2D eigenvalue weighted by Crippen LogP contribution is 2.34. The number of pyridine rings is 1. The van der Waals surface area contributed by atoms with E-state index in [0.717, 1.165) is 67.5 Å². The summed E-state index contributed by atoms with van der Waals surface area (Å²) in [6.07, 6.45) is 4.58. The number of thiocarbonyl (C=S) groups is 1. The number of aryl methyl sites for hydroxylation is 3. The lowest BCUT2D eigenvalue weighted by atomic mass is 10.1. The summed E-state index contributed by atoms with van der Waals surface area (Å²) < 4.78 is 1.15. The molecule has 8 heteroatoms. The van der Waals surface area contributed by atoms with Gasteiger partial charge in [-0.05, 0) is 99.7 Å². The van der Waals surface area contributed by atoms with Crippen molar-refractivity contribution in [1.29, 1.82) is 0 Å². The minimum Gasteiger partial charge on any atom is -0.349 e. The molecule has 0 amide bonds. The van der Waals surface area contributed by atoms with Crippen molar-refractivity contribution in [3.63, 3.8) is 0 Å². The van der Waals surface area contributed by atoms with Crippen LogP contribution in [0.25, 0.3) is 11.3 Å². The molecule has 4 rings (SSSR count). The van der Waals surface area contributed by atoms with Gasteiger partial charge < -0.3 is 15.5 Å². The van der Waals surface area contributed by atoms with Crippen molar-refractivity contribution >= 4 is 57.1 Å². The first-order valence-corrected chi connectivity index (χ1v) is 12.1. The average molecular weight is 558 g/mol. The van der Waals surface area contributed by atoms with Gasteiger partial charge in [0.2, 0.25) is 5.95 Å². The minimum absolute atomic E-state index is 0.564. The fourth-order valence-corrected chi connectivity index (χ4v) is 4.63. The van der Waals surface area contributed by atoms with E-state index in [2.05, 4.69) is 88.4 Å². The van der Waals surface area contributed by atoms with Crippen LogP contribution in [-0.2, 0) is 12.8 Å². The van der Waals surface area contributed by atoms with Crippen LogP contribution in [0.2, 0.25) is 0 Å². The molecule has 0 saturated heterocycles. The molecule has 166 valence electrons. The largest absolute Gasteiger partial charge is 0.349 e. The second kappa shape index (κ2) is 9.76. The van der Waals surface area contributed by atoms with Gasteiger partial charge in [-0.2, -0.15) is 0 Å². The predicted molar refractivity (Wildman–Crippen MR) is 144 cm³/mol. The fourth-order valence-electron chi connectivity index (χ4n) is 3.88. The van der Waals surface area contributed by atoms with Crippen LogP contribution in [0.5, 0.6) is 0 Å². The van der Waals surface area contributed by atoms with Gasteiger partial charge in [0.15, 0.2) is 0 Å². The van der Waals surface area contributed by atoms with Gasteiger partial charge in [-0.3, -0.25) is 4.98 Å². The Morgan fingerprint density at radius 3 is 2.75 bits per heavy atom. The molecule has 2 aromatic heterocycles. The molecule has 0 spiro atoms. The van der Waals surface area contributed by atoms with E-state index >= 15 is 0 Å². The Morgan fingerprint density at radius 2 is 1.97 bits per heavy atom. The Labute approximate surface area is 208 Å². The summed E-state index contributed by atoms with van der Waals surface area (Å²) >= 11 is 7.84. The van der Waals surface area contributed by atoms with Crippen molar-refractivity contribution in [3.8, 4) is 11.3 Å². The third kappa shape index (κ3) is 5.24. The van der Waals surface area contributed by atoms with Crippen LogP contribution in [0.15, 0.2) is 30.5 Å². The number of hydrogen-bond donors (Lipinski definition) is 2. The SMILES string of the molecule is Cc1nc(C)c(Nc2ncc3c(n2)-c2ccc(I)cc2NC(=S)C3)cc1CCCN(C)C. The zero-order valence-corrected chi connectivity index (χ0v) is 21.8. The molecule has 6 nitrogen and oxygen atoms in total. The normalized spacial score (nSPS) is 12.8. The topological polar surface area (TPSA) is 66.0 Å². The minimum atomic E-state index is 0.564.